The standard InChI is InChI=1S/C17H26O/c1-3-4-5-6-7-8-9-10-11-12-13-14-15-16-17(2)18/h7-18H,3-6H2,1-2H3/b8-7+,10-9-,12-11+,14-13-,16-15+. The third kappa shape index (κ3) is 14.7. The molecule has 0 aromatic heterocycles. The molecular formula is C17H26O. The van der Waals surface area contributed by atoms with Gasteiger partial charge in [-0.2, -0.15) is 0 Å². The SMILES string of the molecule is CCCCC/C=C/C=C\C=C\C=C/C=C/C(C)O. The fraction of sp³-hybridized carbons (Fsp3) is 0.412. The fourth-order valence-electron chi connectivity index (χ4n) is 1.30. The lowest BCUT2D eigenvalue weighted by Gasteiger charge is -1.89. The second-order valence-electron chi connectivity index (χ2n) is 4.20. The van der Waals surface area contributed by atoms with Crippen LogP contribution in [0, 0.1) is 0 Å². The maximum Gasteiger partial charge on any atom is 0.0695 e. The number of hydrogen-bond acceptors (Lipinski definition) is 1. The Kier molecular flexibility index (Phi) is 12.7. The first-order chi connectivity index (χ1) is 8.77. The van der Waals surface area contributed by atoms with Gasteiger partial charge >= 0.3 is 0 Å². The molecule has 0 fully saturated rings. The van der Waals surface area contributed by atoms with Crippen LogP contribution in [0.5, 0.6) is 0 Å². The molecule has 0 saturated carbocycles. The molecule has 0 aliphatic carbocycles. The van der Waals surface area contributed by atoms with Gasteiger partial charge < -0.3 is 5.11 Å². The van der Waals surface area contributed by atoms with E-state index in [1.54, 1.807) is 13.0 Å². The van der Waals surface area contributed by atoms with E-state index in [0.29, 0.717) is 0 Å². The average Bonchev–Trinajstić information content (AvgIpc) is 2.34. The highest BCUT2D eigenvalue weighted by Crippen LogP contribution is 1.99. The first-order valence-electron chi connectivity index (χ1n) is 6.78. The fourth-order valence-corrected chi connectivity index (χ4v) is 1.30. The zero-order chi connectivity index (χ0) is 13.5. The van der Waals surface area contributed by atoms with Gasteiger partial charge in [0.2, 0.25) is 0 Å². The molecule has 18 heavy (non-hydrogen) atoms. The van der Waals surface area contributed by atoms with Crippen LogP contribution in [0.25, 0.3) is 0 Å². The molecule has 0 heterocycles. The van der Waals surface area contributed by atoms with Crippen LogP contribution >= 0.6 is 0 Å². The lowest BCUT2D eigenvalue weighted by molar-refractivity contribution is 0.244. The Morgan fingerprint density at radius 2 is 1.39 bits per heavy atom. The van der Waals surface area contributed by atoms with Crippen LogP contribution in [0.1, 0.15) is 39.5 Å². The summed E-state index contributed by atoms with van der Waals surface area (Å²) in [5.41, 5.74) is 0. The van der Waals surface area contributed by atoms with Crippen LogP contribution in [0.2, 0.25) is 0 Å². The molecule has 1 heteroatoms. The monoisotopic (exact) mass is 246 g/mol. The van der Waals surface area contributed by atoms with Crippen LogP contribution in [0.15, 0.2) is 60.8 Å². The predicted octanol–water partition coefficient (Wildman–Crippen LogP) is 4.73. The van der Waals surface area contributed by atoms with E-state index in [9.17, 15) is 0 Å². The normalized spacial score (nSPS) is 15.1. The number of rotatable bonds is 9. The maximum atomic E-state index is 8.97. The van der Waals surface area contributed by atoms with Crippen molar-refractivity contribution in [3.8, 4) is 0 Å². The predicted molar refractivity (Wildman–Crippen MR) is 81.5 cm³/mol. The van der Waals surface area contributed by atoms with Crippen molar-refractivity contribution in [1.29, 1.82) is 0 Å². The Hall–Kier alpha value is -1.34. The molecule has 1 unspecified atom stereocenters. The number of aliphatic hydroxyl groups is 1. The van der Waals surface area contributed by atoms with E-state index >= 15 is 0 Å². The topological polar surface area (TPSA) is 20.2 Å². The zero-order valence-electron chi connectivity index (χ0n) is 11.6. The summed E-state index contributed by atoms with van der Waals surface area (Å²) in [6.45, 7) is 3.95. The first-order valence-corrected chi connectivity index (χ1v) is 6.78. The van der Waals surface area contributed by atoms with Crippen molar-refractivity contribution >= 4 is 0 Å². The molecule has 0 saturated heterocycles. The molecule has 0 aromatic rings. The third-order valence-corrected chi connectivity index (χ3v) is 2.28. The van der Waals surface area contributed by atoms with Crippen molar-refractivity contribution in [3.05, 3.63) is 60.8 Å². The van der Waals surface area contributed by atoms with E-state index in [0.717, 1.165) is 0 Å². The average molecular weight is 246 g/mol. The summed E-state index contributed by atoms with van der Waals surface area (Å²) < 4.78 is 0. The van der Waals surface area contributed by atoms with Crippen LogP contribution in [0.3, 0.4) is 0 Å². The molecule has 0 radical (unpaired) electrons. The number of hydrogen-bond donors (Lipinski definition) is 1. The Morgan fingerprint density at radius 1 is 0.833 bits per heavy atom. The van der Waals surface area contributed by atoms with Gasteiger partial charge in [0.05, 0.1) is 6.10 Å². The molecule has 100 valence electrons. The summed E-state index contributed by atoms with van der Waals surface area (Å²) in [4.78, 5) is 0. The summed E-state index contributed by atoms with van der Waals surface area (Å²) >= 11 is 0. The highest BCUT2D eigenvalue weighted by Gasteiger charge is 1.80. The van der Waals surface area contributed by atoms with Crippen LogP contribution < -0.4 is 0 Å². The van der Waals surface area contributed by atoms with Gasteiger partial charge in [-0.3, -0.25) is 0 Å². The van der Waals surface area contributed by atoms with E-state index in [2.05, 4.69) is 19.1 Å². The number of allylic oxidation sites excluding steroid dienone is 9. The zero-order valence-corrected chi connectivity index (χ0v) is 11.6. The second kappa shape index (κ2) is 13.7. The van der Waals surface area contributed by atoms with Crippen molar-refractivity contribution in [2.24, 2.45) is 0 Å². The lowest BCUT2D eigenvalue weighted by atomic mass is 10.2. The first kappa shape index (κ1) is 16.7. The summed E-state index contributed by atoms with van der Waals surface area (Å²) in [5, 5.41) is 8.97. The van der Waals surface area contributed by atoms with Crippen molar-refractivity contribution in [1.82, 2.24) is 0 Å². The quantitative estimate of drug-likeness (QED) is 0.460. The molecule has 0 rings (SSSR count). The number of aliphatic hydroxyl groups excluding tert-OH is 1. The Balaban J connectivity index is 3.62. The van der Waals surface area contributed by atoms with Crippen molar-refractivity contribution in [3.63, 3.8) is 0 Å². The van der Waals surface area contributed by atoms with Gasteiger partial charge in [0, 0.05) is 0 Å². The summed E-state index contributed by atoms with van der Waals surface area (Å²) in [7, 11) is 0. The van der Waals surface area contributed by atoms with Gasteiger partial charge in [0.15, 0.2) is 0 Å². The molecule has 0 aromatic carbocycles. The molecule has 1 N–H and O–H groups in total. The number of unbranched alkanes of at least 4 members (excludes halogenated alkanes) is 3. The van der Waals surface area contributed by atoms with Crippen LogP contribution in [-0.4, -0.2) is 11.2 Å². The van der Waals surface area contributed by atoms with E-state index in [-0.39, 0.29) is 6.10 Å². The maximum absolute atomic E-state index is 8.97. The smallest absolute Gasteiger partial charge is 0.0695 e. The Bertz CT molecular complexity index is 304. The summed E-state index contributed by atoms with van der Waals surface area (Å²) in [5.74, 6) is 0. The van der Waals surface area contributed by atoms with E-state index in [1.807, 2.05) is 42.5 Å². The van der Waals surface area contributed by atoms with Crippen molar-refractivity contribution in [2.45, 2.75) is 45.6 Å². The summed E-state index contributed by atoms with van der Waals surface area (Å²) in [6, 6.07) is 0. The molecule has 0 spiro atoms. The largest absolute Gasteiger partial charge is 0.389 e. The molecular weight excluding hydrogens is 220 g/mol. The van der Waals surface area contributed by atoms with Crippen LogP contribution in [-0.2, 0) is 0 Å². The van der Waals surface area contributed by atoms with Crippen molar-refractivity contribution < 1.29 is 5.11 Å². The molecule has 1 nitrogen and oxygen atoms in total. The van der Waals surface area contributed by atoms with E-state index < -0.39 is 0 Å². The van der Waals surface area contributed by atoms with Gasteiger partial charge in [-0.05, 0) is 19.8 Å². The molecule has 0 bridgehead atoms. The summed E-state index contributed by atoms with van der Waals surface area (Å²) in [6.07, 6.45) is 24.4. The van der Waals surface area contributed by atoms with Gasteiger partial charge in [-0.15, -0.1) is 0 Å². The van der Waals surface area contributed by atoms with Crippen molar-refractivity contribution in [2.75, 3.05) is 0 Å². The minimum absolute atomic E-state index is 0.378. The van der Waals surface area contributed by atoms with Crippen LogP contribution in [0.4, 0.5) is 0 Å². The van der Waals surface area contributed by atoms with Gasteiger partial charge in [0.1, 0.15) is 0 Å². The van der Waals surface area contributed by atoms with Gasteiger partial charge in [-0.25, -0.2) is 0 Å². The molecule has 0 aliphatic rings. The second-order valence-corrected chi connectivity index (χ2v) is 4.20. The van der Waals surface area contributed by atoms with E-state index in [1.165, 1.54) is 25.7 Å². The molecule has 0 amide bonds. The molecule has 0 aliphatic heterocycles. The Morgan fingerprint density at radius 3 is 1.94 bits per heavy atom. The minimum Gasteiger partial charge on any atom is -0.389 e. The lowest BCUT2D eigenvalue weighted by Crippen LogP contribution is -1.90. The highest BCUT2D eigenvalue weighted by atomic mass is 16.3. The third-order valence-electron chi connectivity index (χ3n) is 2.28. The minimum atomic E-state index is -0.378. The van der Waals surface area contributed by atoms with E-state index in [4.69, 9.17) is 5.11 Å². The van der Waals surface area contributed by atoms with Gasteiger partial charge in [0.25, 0.3) is 0 Å². The van der Waals surface area contributed by atoms with Gasteiger partial charge in [-0.1, -0.05) is 80.5 Å². The Labute approximate surface area is 112 Å². The highest BCUT2D eigenvalue weighted by molar-refractivity contribution is 5.18. The molecule has 1 atom stereocenters.